The normalized spacial score (nSPS) is 10.3. The van der Waals surface area contributed by atoms with E-state index < -0.39 is 11.9 Å². The maximum Gasteiger partial charge on any atom is 0.371 e. The summed E-state index contributed by atoms with van der Waals surface area (Å²) in [7, 11) is 0. The first-order chi connectivity index (χ1) is 7.50. The van der Waals surface area contributed by atoms with Gasteiger partial charge < -0.3 is 15.3 Å². The standard InChI is InChI=1S/C9H12N2O5/c1-5-6(2-7(16-5)9(13)14)3-11-15-4-8(10)12/h2,11H,3-4H2,1H3,(H2,10,12)(H,13,14). The van der Waals surface area contributed by atoms with Gasteiger partial charge in [0.15, 0.2) is 0 Å². The van der Waals surface area contributed by atoms with Crippen LogP contribution < -0.4 is 11.2 Å². The van der Waals surface area contributed by atoms with E-state index >= 15 is 0 Å². The van der Waals surface area contributed by atoms with Gasteiger partial charge in [-0.15, -0.1) is 0 Å². The number of aromatic carboxylic acids is 1. The quantitative estimate of drug-likeness (QED) is 0.458. The van der Waals surface area contributed by atoms with Crippen molar-refractivity contribution < 1.29 is 24.0 Å². The number of hydrogen-bond acceptors (Lipinski definition) is 5. The molecule has 0 atom stereocenters. The molecule has 88 valence electrons. The molecule has 0 bridgehead atoms. The fourth-order valence-corrected chi connectivity index (χ4v) is 1.05. The molecule has 1 rings (SSSR count). The average Bonchev–Trinajstić information content (AvgIpc) is 2.55. The number of nitrogens with one attached hydrogen (secondary N) is 1. The van der Waals surface area contributed by atoms with E-state index in [4.69, 9.17) is 20.1 Å². The van der Waals surface area contributed by atoms with Crippen LogP contribution in [-0.2, 0) is 16.2 Å². The highest BCUT2D eigenvalue weighted by Gasteiger charge is 2.12. The molecular formula is C9H12N2O5. The van der Waals surface area contributed by atoms with E-state index in [1.165, 1.54) is 6.07 Å². The van der Waals surface area contributed by atoms with Crippen LogP contribution in [0, 0.1) is 6.92 Å². The molecule has 0 aliphatic heterocycles. The number of aryl methyl sites for hydroxylation is 1. The van der Waals surface area contributed by atoms with Crippen molar-refractivity contribution in [2.24, 2.45) is 5.73 Å². The minimum atomic E-state index is -1.13. The Balaban J connectivity index is 2.47. The molecule has 0 saturated heterocycles. The van der Waals surface area contributed by atoms with Crippen LogP contribution in [0.4, 0.5) is 0 Å². The number of nitrogens with two attached hydrogens (primary N) is 1. The molecule has 0 unspecified atom stereocenters. The molecule has 1 aromatic rings. The Hall–Kier alpha value is -1.86. The van der Waals surface area contributed by atoms with Gasteiger partial charge in [0.25, 0.3) is 0 Å². The molecule has 0 spiro atoms. The zero-order valence-electron chi connectivity index (χ0n) is 8.65. The van der Waals surface area contributed by atoms with Gasteiger partial charge in [0.1, 0.15) is 12.4 Å². The van der Waals surface area contributed by atoms with Gasteiger partial charge >= 0.3 is 5.97 Å². The summed E-state index contributed by atoms with van der Waals surface area (Å²) in [6.07, 6.45) is 0. The predicted octanol–water partition coefficient (Wildman–Crippen LogP) is -0.207. The lowest BCUT2D eigenvalue weighted by atomic mass is 10.2. The predicted molar refractivity (Wildman–Crippen MR) is 52.4 cm³/mol. The topological polar surface area (TPSA) is 115 Å². The summed E-state index contributed by atoms with van der Waals surface area (Å²) in [5, 5.41) is 8.66. The number of carbonyl (C=O) groups is 2. The number of amides is 1. The Bertz CT molecular complexity index is 399. The van der Waals surface area contributed by atoms with E-state index in [1.807, 2.05) is 0 Å². The highest BCUT2D eigenvalue weighted by molar-refractivity contribution is 5.84. The van der Waals surface area contributed by atoms with Crippen molar-refractivity contribution >= 4 is 11.9 Å². The Morgan fingerprint density at radius 3 is 2.81 bits per heavy atom. The van der Waals surface area contributed by atoms with E-state index in [9.17, 15) is 9.59 Å². The first kappa shape index (κ1) is 12.2. The van der Waals surface area contributed by atoms with E-state index in [1.54, 1.807) is 6.92 Å². The van der Waals surface area contributed by atoms with Gasteiger partial charge in [-0.25, -0.2) is 4.79 Å². The van der Waals surface area contributed by atoms with Gasteiger partial charge in [-0.3, -0.25) is 9.63 Å². The van der Waals surface area contributed by atoms with Crippen molar-refractivity contribution in [3.63, 3.8) is 0 Å². The van der Waals surface area contributed by atoms with Gasteiger partial charge in [-0.05, 0) is 13.0 Å². The SMILES string of the molecule is Cc1oc(C(=O)O)cc1CNOCC(N)=O. The second-order valence-corrected chi connectivity index (χ2v) is 3.07. The van der Waals surface area contributed by atoms with Crippen LogP contribution in [0.5, 0.6) is 0 Å². The van der Waals surface area contributed by atoms with Crippen LogP contribution in [0.1, 0.15) is 21.9 Å². The second-order valence-electron chi connectivity index (χ2n) is 3.07. The Kier molecular flexibility index (Phi) is 4.03. The van der Waals surface area contributed by atoms with Crippen molar-refractivity contribution in [2.75, 3.05) is 6.61 Å². The molecule has 0 saturated carbocycles. The monoisotopic (exact) mass is 228 g/mol. The molecule has 1 heterocycles. The van der Waals surface area contributed by atoms with Gasteiger partial charge in [-0.2, -0.15) is 5.48 Å². The first-order valence-electron chi connectivity index (χ1n) is 4.46. The van der Waals surface area contributed by atoms with Crippen LogP contribution in [0.2, 0.25) is 0 Å². The average molecular weight is 228 g/mol. The number of furan rings is 1. The van der Waals surface area contributed by atoms with Crippen LogP contribution in [-0.4, -0.2) is 23.6 Å². The third-order valence-electron chi connectivity index (χ3n) is 1.81. The number of primary amides is 1. The molecule has 1 amide bonds. The zero-order valence-corrected chi connectivity index (χ0v) is 8.65. The molecule has 0 aliphatic carbocycles. The Morgan fingerprint density at radius 2 is 2.31 bits per heavy atom. The van der Waals surface area contributed by atoms with Crippen LogP contribution in [0.3, 0.4) is 0 Å². The van der Waals surface area contributed by atoms with Crippen molar-refractivity contribution in [2.45, 2.75) is 13.5 Å². The third-order valence-corrected chi connectivity index (χ3v) is 1.81. The van der Waals surface area contributed by atoms with Crippen molar-refractivity contribution in [3.8, 4) is 0 Å². The molecule has 0 aromatic carbocycles. The molecule has 0 aliphatic rings. The van der Waals surface area contributed by atoms with Crippen molar-refractivity contribution in [1.82, 2.24) is 5.48 Å². The molecular weight excluding hydrogens is 216 g/mol. The Morgan fingerprint density at radius 1 is 1.62 bits per heavy atom. The maximum atomic E-state index is 10.6. The van der Waals surface area contributed by atoms with Gasteiger partial charge in [-0.1, -0.05) is 0 Å². The number of carbonyl (C=O) groups excluding carboxylic acids is 1. The molecule has 0 radical (unpaired) electrons. The number of carboxylic acids is 1. The largest absolute Gasteiger partial charge is 0.475 e. The van der Waals surface area contributed by atoms with Crippen LogP contribution in [0.15, 0.2) is 10.5 Å². The Labute approximate surface area is 91.1 Å². The minimum Gasteiger partial charge on any atom is -0.475 e. The fourth-order valence-electron chi connectivity index (χ4n) is 1.05. The lowest BCUT2D eigenvalue weighted by Crippen LogP contribution is -2.24. The van der Waals surface area contributed by atoms with Crippen molar-refractivity contribution in [1.29, 1.82) is 0 Å². The molecule has 4 N–H and O–H groups in total. The van der Waals surface area contributed by atoms with E-state index in [2.05, 4.69) is 5.48 Å². The number of carboxylic acid groups (broad SMARTS) is 1. The fraction of sp³-hybridized carbons (Fsp3) is 0.333. The summed E-state index contributed by atoms with van der Waals surface area (Å²) >= 11 is 0. The molecule has 1 aromatic heterocycles. The second kappa shape index (κ2) is 5.29. The van der Waals surface area contributed by atoms with E-state index in [0.29, 0.717) is 11.3 Å². The van der Waals surface area contributed by atoms with Crippen LogP contribution in [0.25, 0.3) is 0 Å². The number of rotatable bonds is 6. The number of hydroxylamine groups is 1. The highest BCUT2D eigenvalue weighted by Crippen LogP contribution is 2.14. The van der Waals surface area contributed by atoms with Crippen LogP contribution >= 0.6 is 0 Å². The van der Waals surface area contributed by atoms with Gasteiger partial charge in [0, 0.05) is 12.1 Å². The summed E-state index contributed by atoms with van der Waals surface area (Å²) in [4.78, 5) is 25.6. The lowest BCUT2D eigenvalue weighted by Gasteiger charge is -2.01. The summed E-state index contributed by atoms with van der Waals surface area (Å²) in [6, 6.07) is 1.39. The third kappa shape index (κ3) is 3.37. The highest BCUT2D eigenvalue weighted by atomic mass is 16.6. The first-order valence-corrected chi connectivity index (χ1v) is 4.46. The van der Waals surface area contributed by atoms with Gasteiger partial charge in [0.05, 0.1) is 0 Å². The van der Waals surface area contributed by atoms with E-state index in [-0.39, 0.29) is 18.9 Å². The van der Waals surface area contributed by atoms with Gasteiger partial charge in [0.2, 0.25) is 11.7 Å². The summed E-state index contributed by atoms with van der Waals surface area (Å²) in [5.74, 6) is -1.38. The summed E-state index contributed by atoms with van der Waals surface area (Å²) in [6.45, 7) is 1.62. The molecule has 0 fully saturated rings. The molecule has 7 nitrogen and oxygen atoms in total. The summed E-state index contributed by atoms with van der Waals surface area (Å²) < 4.78 is 4.97. The smallest absolute Gasteiger partial charge is 0.371 e. The molecule has 7 heteroatoms. The zero-order chi connectivity index (χ0) is 12.1. The lowest BCUT2D eigenvalue weighted by molar-refractivity contribution is -0.125. The van der Waals surface area contributed by atoms with Crippen molar-refractivity contribution in [3.05, 3.63) is 23.2 Å². The van der Waals surface area contributed by atoms with E-state index in [0.717, 1.165) is 0 Å². The maximum absolute atomic E-state index is 10.6. The number of hydrogen-bond donors (Lipinski definition) is 3. The summed E-state index contributed by atoms with van der Waals surface area (Å²) in [5.41, 5.74) is 7.96. The molecule has 16 heavy (non-hydrogen) atoms. The minimum absolute atomic E-state index is 0.135.